The molecule has 0 aliphatic heterocycles. The summed E-state index contributed by atoms with van der Waals surface area (Å²) in [5.74, 6) is 2.10. The Morgan fingerprint density at radius 2 is 1.71 bits per heavy atom. The molecule has 0 unspecified atom stereocenters. The summed E-state index contributed by atoms with van der Waals surface area (Å²) in [6.07, 6.45) is 0.949. The van der Waals surface area contributed by atoms with E-state index in [2.05, 4.69) is 37.3 Å². The van der Waals surface area contributed by atoms with Gasteiger partial charge < -0.3 is 0 Å². The van der Waals surface area contributed by atoms with E-state index >= 15 is 0 Å². The molecule has 0 saturated carbocycles. The van der Waals surface area contributed by atoms with Crippen LogP contribution >= 0.6 is 11.3 Å². The number of benzene rings is 1. The van der Waals surface area contributed by atoms with Gasteiger partial charge in [0.15, 0.2) is 0 Å². The van der Waals surface area contributed by atoms with Crippen molar-refractivity contribution in [1.82, 2.24) is 0 Å². The van der Waals surface area contributed by atoms with Crippen molar-refractivity contribution < 1.29 is 33.3 Å². The summed E-state index contributed by atoms with van der Waals surface area (Å²) in [4.78, 5) is 0. The number of thiophene rings is 1. The van der Waals surface area contributed by atoms with E-state index in [1.165, 1.54) is 20.2 Å². The highest BCUT2D eigenvalue weighted by molar-refractivity contribution is 7.26. The largest absolute Gasteiger partial charge is 0.346 e. The first-order chi connectivity index (χ1) is 9.79. The number of halogens is 1. The van der Waals surface area contributed by atoms with E-state index in [1.807, 2.05) is 18.3 Å². The maximum atomic E-state index is 8.49. The Bertz CT molecular complexity index is 757. The van der Waals surface area contributed by atoms with E-state index in [9.17, 15) is 0 Å². The second-order valence-corrected chi connectivity index (χ2v) is 6.16. The average Bonchev–Trinajstić information content (AvgIpc) is 2.74. The van der Waals surface area contributed by atoms with E-state index in [0.717, 1.165) is 17.9 Å². The molecule has 0 saturated heterocycles. The zero-order valence-electron chi connectivity index (χ0n) is 11.4. The monoisotopic (exact) mass is 328 g/mol. The summed E-state index contributed by atoms with van der Waals surface area (Å²) < 4.78 is 42.4. The predicted molar refractivity (Wildman–Crippen MR) is 70.1 cm³/mol. The highest BCUT2D eigenvalue weighted by Crippen LogP contribution is 2.36. The topological polar surface area (TPSA) is 104 Å². The molecule has 0 aliphatic carbocycles. The van der Waals surface area contributed by atoms with Crippen LogP contribution in [0.5, 0.6) is 0 Å². The lowest BCUT2D eigenvalue weighted by molar-refractivity contribution is -2.00. The standard InChI is InChI=1S/C14H13OS.ClHO4/c1-3-12-14-11(8-9(2)15-12)10-6-4-5-7-13(10)16-14;2-1(3,4)5/h4-8H,3H2,1-2H3;(H,2,3,4,5)/q+1;/p-1. The molecule has 3 rings (SSSR count). The van der Waals surface area contributed by atoms with Crippen LogP contribution in [0.1, 0.15) is 18.4 Å². The highest BCUT2D eigenvalue weighted by atomic mass is 35.7. The van der Waals surface area contributed by atoms with E-state index in [-0.39, 0.29) is 0 Å². The van der Waals surface area contributed by atoms with Crippen LogP contribution in [0.15, 0.2) is 34.7 Å². The lowest BCUT2D eigenvalue weighted by Gasteiger charge is -2.17. The van der Waals surface area contributed by atoms with Gasteiger partial charge in [-0.3, -0.25) is 0 Å². The van der Waals surface area contributed by atoms with Crippen LogP contribution < -0.4 is 18.6 Å². The summed E-state index contributed by atoms with van der Waals surface area (Å²) >= 11 is 1.83. The third kappa shape index (κ3) is 4.10. The van der Waals surface area contributed by atoms with E-state index < -0.39 is 10.2 Å². The van der Waals surface area contributed by atoms with Gasteiger partial charge in [-0.2, -0.15) is 0 Å². The first-order valence-corrected chi connectivity index (χ1v) is 8.20. The molecule has 3 aromatic rings. The van der Waals surface area contributed by atoms with Crippen LogP contribution in [0.25, 0.3) is 20.2 Å². The quantitative estimate of drug-likeness (QED) is 0.587. The molecule has 2 heterocycles. The molecule has 0 N–H and O–H groups in total. The molecule has 7 heteroatoms. The van der Waals surface area contributed by atoms with Crippen LogP contribution in [0.2, 0.25) is 0 Å². The molecule has 1 aromatic carbocycles. The Hall–Kier alpha value is -1.28. The second kappa shape index (κ2) is 6.23. The second-order valence-electron chi connectivity index (χ2n) is 4.35. The Labute approximate surface area is 127 Å². The van der Waals surface area contributed by atoms with Crippen molar-refractivity contribution in [2.75, 3.05) is 0 Å². The van der Waals surface area contributed by atoms with Gasteiger partial charge in [0.2, 0.25) is 0 Å². The predicted octanol–water partition coefficient (Wildman–Crippen LogP) is 0.0434. The summed E-state index contributed by atoms with van der Waals surface area (Å²) in [5.41, 5.74) is 0. The highest BCUT2D eigenvalue weighted by Gasteiger charge is 2.18. The molecular formula is C14H13ClO5S. The fourth-order valence-corrected chi connectivity index (χ4v) is 3.36. The van der Waals surface area contributed by atoms with Gasteiger partial charge in [0.1, 0.15) is 4.70 Å². The summed E-state index contributed by atoms with van der Waals surface area (Å²) in [6, 6.07) is 10.7. The van der Waals surface area contributed by atoms with E-state index in [0.29, 0.717) is 0 Å². The van der Waals surface area contributed by atoms with Gasteiger partial charge in [-0.1, -0.05) is 25.1 Å². The smallest absolute Gasteiger partial charge is 0.222 e. The van der Waals surface area contributed by atoms with Crippen molar-refractivity contribution in [2.24, 2.45) is 0 Å². The van der Waals surface area contributed by atoms with Crippen LogP contribution in [-0.2, 0) is 6.42 Å². The SMILES string of the molecule is CCc1[o+]c(C)cc2c1sc1ccccc12.[O-][Cl+3]([O-])([O-])[O-]. The fourth-order valence-electron chi connectivity index (χ4n) is 2.12. The van der Waals surface area contributed by atoms with Crippen LogP contribution in [0.3, 0.4) is 0 Å². The Kier molecular flexibility index (Phi) is 4.77. The minimum absolute atomic E-state index is 0.949. The maximum absolute atomic E-state index is 8.49. The molecule has 0 spiro atoms. The van der Waals surface area contributed by atoms with Gasteiger partial charge >= 0.3 is 11.5 Å². The molecule has 2 aromatic heterocycles. The maximum Gasteiger partial charge on any atom is 0.346 e. The van der Waals surface area contributed by atoms with Gasteiger partial charge in [-0.05, 0) is 6.07 Å². The normalized spacial score (nSPS) is 11.5. The molecule has 0 fully saturated rings. The molecule has 5 nitrogen and oxygen atoms in total. The van der Waals surface area contributed by atoms with Gasteiger partial charge in [0.05, 0.1) is 13.3 Å². The Morgan fingerprint density at radius 1 is 1.10 bits per heavy atom. The van der Waals surface area contributed by atoms with Gasteiger partial charge in [0, 0.05) is 21.5 Å². The van der Waals surface area contributed by atoms with Crippen LogP contribution in [-0.4, -0.2) is 0 Å². The number of aryl methyl sites for hydroxylation is 2. The molecule has 0 amide bonds. The van der Waals surface area contributed by atoms with Crippen molar-refractivity contribution in [3.63, 3.8) is 0 Å². The van der Waals surface area contributed by atoms with E-state index in [4.69, 9.17) is 23.1 Å². The van der Waals surface area contributed by atoms with Crippen LogP contribution in [0, 0.1) is 17.2 Å². The average molecular weight is 329 g/mol. The number of hydrogen-bond acceptors (Lipinski definition) is 5. The molecular weight excluding hydrogens is 316 g/mol. The summed E-state index contributed by atoms with van der Waals surface area (Å²) in [7, 11) is -4.94. The molecule has 21 heavy (non-hydrogen) atoms. The minimum atomic E-state index is -4.94. The fraction of sp³-hybridized carbons (Fsp3) is 0.214. The number of fused-ring (bicyclic) bond motifs is 3. The third-order valence-corrected chi connectivity index (χ3v) is 4.07. The first kappa shape index (κ1) is 16.1. The van der Waals surface area contributed by atoms with Crippen molar-refractivity contribution in [3.05, 3.63) is 41.9 Å². The number of hydrogen-bond donors (Lipinski definition) is 0. The van der Waals surface area contributed by atoms with E-state index in [1.54, 1.807) is 0 Å². The van der Waals surface area contributed by atoms with Crippen molar-refractivity contribution >= 4 is 31.5 Å². The van der Waals surface area contributed by atoms with Gasteiger partial charge in [-0.25, -0.2) is 23.1 Å². The van der Waals surface area contributed by atoms with Crippen LogP contribution in [0.4, 0.5) is 0 Å². The van der Waals surface area contributed by atoms with Crippen molar-refractivity contribution in [2.45, 2.75) is 20.3 Å². The molecule has 0 bridgehead atoms. The van der Waals surface area contributed by atoms with Crippen molar-refractivity contribution in [1.29, 1.82) is 0 Å². The van der Waals surface area contributed by atoms with Gasteiger partial charge in [-0.15, -0.1) is 21.6 Å². The molecule has 112 valence electrons. The summed E-state index contributed by atoms with van der Waals surface area (Å²) in [6.45, 7) is 4.16. The molecule has 0 atom stereocenters. The molecule has 0 aliphatic rings. The van der Waals surface area contributed by atoms with Crippen molar-refractivity contribution in [3.8, 4) is 0 Å². The zero-order valence-corrected chi connectivity index (χ0v) is 13.0. The third-order valence-electron chi connectivity index (χ3n) is 2.84. The number of rotatable bonds is 1. The van der Waals surface area contributed by atoms with Gasteiger partial charge in [0.25, 0.3) is 0 Å². The Morgan fingerprint density at radius 3 is 2.33 bits per heavy atom. The lowest BCUT2D eigenvalue weighted by atomic mass is 10.1. The first-order valence-electron chi connectivity index (χ1n) is 6.15. The lowest BCUT2D eigenvalue weighted by Crippen LogP contribution is -2.68. The Balaban J connectivity index is 0.000000282. The molecule has 0 radical (unpaired) electrons. The zero-order chi connectivity index (χ0) is 15.6. The minimum Gasteiger partial charge on any atom is -0.222 e. The summed E-state index contributed by atoms with van der Waals surface area (Å²) in [5, 5.41) is 2.68.